The van der Waals surface area contributed by atoms with Crippen LogP contribution < -0.4 is 20.5 Å². The molecular formula is C19H20F2N2O4S. The highest BCUT2D eigenvalue weighted by Crippen LogP contribution is 2.39. The lowest BCUT2D eigenvalue weighted by Crippen LogP contribution is -2.19. The average Bonchev–Trinajstić information content (AvgIpc) is 2.98. The van der Waals surface area contributed by atoms with E-state index in [1.165, 1.54) is 36.6 Å². The molecule has 2 aromatic rings. The largest absolute Gasteiger partial charge is 0.493 e. The summed E-state index contributed by atoms with van der Waals surface area (Å²) in [6, 6.07) is 3.87. The maximum atomic E-state index is 12.7. The number of ether oxygens (including phenoxy) is 2. The Labute approximate surface area is 164 Å². The van der Waals surface area contributed by atoms with Crippen molar-refractivity contribution < 1.29 is 27.8 Å². The average molecular weight is 410 g/mol. The van der Waals surface area contributed by atoms with Crippen LogP contribution in [0.5, 0.6) is 11.5 Å². The molecule has 1 aliphatic rings. The number of nitrogens with two attached hydrogens (primary N) is 1. The molecule has 2 amide bonds. The number of rotatable bonds is 6. The molecule has 1 aromatic carbocycles. The zero-order chi connectivity index (χ0) is 20.4. The molecule has 0 saturated carbocycles. The highest BCUT2D eigenvalue weighted by Gasteiger charge is 2.27. The minimum absolute atomic E-state index is 0.00220. The minimum Gasteiger partial charge on any atom is -0.493 e. The number of anilines is 1. The lowest BCUT2D eigenvalue weighted by Gasteiger charge is -2.18. The van der Waals surface area contributed by atoms with Crippen molar-refractivity contribution in [2.45, 2.75) is 32.8 Å². The second-order valence-corrected chi connectivity index (χ2v) is 7.72. The molecule has 0 aliphatic heterocycles. The standard InChI is InChI=1S/C19H20F2N2O4S/c1-9-3-5-11-14(7-9)28-18(15(11)16(22)24)23-17(25)10-4-6-12(27-19(20)21)13(8-10)26-2/h4,6,8-9,19H,3,5,7H2,1-2H3,(H2,22,24)(H,23,25)/t9-/m1/s1. The molecule has 0 bridgehead atoms. The Morgan fingerprint density at radius 1 is 1.32 bits per heavy atom. The van der Waals surface area contributed by atoms with Gasteiger partial charge in [0.25, 0.3) is 11.8 Å². The molecule has 9 heteroatoms. The van der Waals surface area contributed by atoms with Crippen LogP contribution in [0.3, 0.4) is 0 Å². The molecule has 0 unspecified atom stereocenters. The topological polar surface area (TPSA) is 90.6 Å². The Morgan fingerprint density at radius 2 is 2.07 bits per heavy atom. The summed E-state index contributed by atoms with van der Waals surface area (Å²) < 4.78 is 34.3. The number of methoxy groups -OCH3 is 1. The van der Waals surface area contributed by atoms with Gasteiger partial charge in [-0.15, -0.1) is 11.3 Å². The molecule has 0 fully saturated rings. The first-order valence-corrected chi connectivity index (χ1v) is 9.50. The maximum Gasteiger partial charge on any atom is 0.387 e. The maximum absolute atomic E-state index is 12.7. The molecule has 1 aromatic heterocycles. The van der Waals surface area contributed by atoms with E-state index in [1.807, 2.05) is 0 Å². The second-order valence-electron chi connectivity index (χ2n) is 6.62. The predicted molar refractivity (Wildman–Crippen MR) is 102 cm³/mol. The molecule has 1 aliphatic carbocycles. The number of carbonyl (C=O) groups excluding carboxylic acids is 2. The number of benzene rings is 1. The first-order chi connectivity index (χ1) is 13.3. The van der Waals surface area contributed by atoms with E-state index in [1.54, 1.807) is 0 Å². The van der Waals surface area contributed by atoms with Crippen molar-refractivity contribution in [2.75, 3.05) is 12.4 Å². The van der Waals surface area contributed by atoms with E-state index in [4.69, 9.17) is 10.5 Å². The zero-order valence-electron chi connectivity index (χ0n) is 15.4. The van der Waals surface area contributed by atoms with Crippen LogP contribution in [0, 0.1) is 5.92 Å². The van der Waals surface area contributed by atoms with E-state index >= 15 is 0 Å². The van der Waals surface area contributed by atoms with Crippen molar-refractivity contribution >= 4 is 28.2 Å². The third-order valence-electron chi connectivity index (χ3n) is 4.63. The Hall–Kier alpha value is -2.68. The van der Waals surface area contributed by atoms with E-state index in [-0.39, 0.29) is 17.1 Å². The summed E-state index contributed by atoms with van der Waals surface area (Å²) in [5, 5.41) is 3.13. The molecule has 3 rings (SSSR count). The SMILES string of the molecule is COc1cc(C(=O)Nc2sc3c(c2C(N)=O)CC[C@@H](C)C3)ccc1OC(F)F. The summed E-state index contributed by atoms with van der Waals surface area (Å²) in [4.78, 5) is 25.7. The third-order valence-corrected chi connectivity index (χ3v) is 5.80. The Kier molecular flexibility index (Phi) is 5.83. The van der Waals surface area contributed by atoms with E-state index in [2.05, 4.69) is 17.0 Å². The number of hydrogen-bond acceptors (Lipinski definition) is 5. The zero-order valence-corrected chi connectivity index (χ0v) is 16.2. The molecule has 150 valence electrons. The van der Waals surface area contributed by atoms with Gasteiger partial charge in [-0.1, -0.05) is 6.92 Å². The number of primary amides is 1. The third kappa shape index (κ3) is 4.09. The molecule has 3 N–H and O–H groups in total. The van der Waals surface area contributed by atoms with Crippen molar-refractivity contribution in [3.63, 3.8) is 0 Å². The number of hydrogen-bond donors (Lipinski definition) is 2. The molecule has 6 nitrogen and oxygen atoms in total. The van der Waals surface area contributed by atoms with Crippen molar-refractivity contribution in [3.8, 4) is 11.5 Å². The smallest absolute Gasteiger partial charge is 0.387 e. The van der Waals surface area contributed by atoms with Crippen LogP contribution in [0.2, 0.25) is 0 Å². The van der Waals surface area contributed by atoms with Gasteiger partial charge < -0.3 is 20.5 Å². The molecule has 0 saturated heterocycles. The molecular weight excluding hydrogens is 390 g/mol. The molecule has 0 radical (unpaired) electrons. The monoisotopic (exact) mass is 410 g/mol. The molecule has 0 spiro atoms. The lowest BCUT2D eigenvalue weighted by molar-refractivity contribution is -0.0512. The van der Waals surface area contributed by atoms with Gasteiger partial charge in [0, 0.05) is 10.4 Å². The fourth-order valence-corrected chi connectivity index (χ4v) is 4.69. The van der Waals surface area contributed by atoms with E-state index < -0.39 is 18.4 Å². The fraction of sp³-hybridized carbons (Fsp3) is 0.368. The first-order valence-electron chi connectivity index (χ1n) is 8.68. The van der Waals surface area contributed by atoms with Gasteiger partial charge >= 0.3 is 6.61 Å². The number of halogens is 2. The van der Waals surface area contributed by atoms with Gasteiger partial charge in [-0.2, -0.15) is 8.78 Å². The molecule has 1 heterocycles. The van der Waals surface area contributed by atoms with E-state index in [0.29, 0.717) is 16.5 Å². The lowest BCUT2D eigenvalue weighted by atomic mass is 9.88. The number of nitrogens with one attached hydrogen (secondary N) is 1. The minimum atomic E-state index is -3.01. The van der Waals surface area contributed by atoms with Gasteiger partial charge in [0.2, 0.25) is 0 Å². The normalized spacial score (nSPS) is 15.8. The summed E-state index contributed by atoms with van der Waals surface area (Å²) in [5.74, 6) is -0.756. The summed E-state index contributed by atoms with van der Waals surface area (Å²) in [6.45, 7) is -0.869. The number of fused-ring (bicyclic) bond motifs is 1. The molecule has 28 heavy (non-hydrogen) atoms. The van der Waals surface area contributed by atoms with E-state index in [0.717, 1.165) is 29.7 Å². The number of thiophene rings is 1. The summed E-state index contributed by atoms with van der Waals surface area (Å²) in [6.07, 6.45) is 2.54. The highest BCUT2D eigenvalue weighted by atomic mass is 32.1. The van der Waals surface area contributed by atoms with Gasteiger partial charge in [0.05, 0.1) is 12.7 Å². The number of carbonyl (C=O) groups is 2. The van der Waals surface area contributed by atoms with Gasteiger partial charge in [0.1, 0.15) is 5.00 Å². The van der Waals surface area contributed by atoms with Gasteiger partial charge in [-0.25, -0.2) is 0 Å². The van der Waals surface area contributed by atoms with Gasteiger partial charge in [0.15, 0.2) is 11.5 Å². The first kappa shape index (κ1) is 20.1. The second kappa shape index (κ2) is 8.14. The van der Waals surface area contributed by atoms with Gasteiger partial charge in [-0.05, 0) is 48.9 Å². The Morgan fingerprint density at radius 3 is 2.71 bits per heavy atom. The van der Waals surface area contributed by atoms with Crippen LogP contribution in [-0.4, -0.2) is 25.5 Å². The van der Waals surface area contributed by atoms with Crippen LogP contribution in [0.4, 0.5) is 13.8 Å². The van der Waals surface area contributed by atoms with Crippen LogP contribution in [0.25, 0.3) is 0 Å². The van der Waals surface area contributed by atoms with Gasteiger partial charge in [-0.3, -0.25) is 9.59 Å². The van der Waals surface area contributed by atoms with Crippen molar-refractivity contribution in [1.82, 2.24) is 0 Å². The summed E-state index contributed by atoms with van der Waals surface area (Å²) in [5.41, 5.74) is 6.99. The van der Waals surface area contributed by atoms with Crippen molar-refractivity contribution in [2.24, 2.45) is 11.7 Å². The summed E-state index contributed by atoms with van der Waals surface area (Å²) >= 11 is 1.35. The van der Waals surface area contributed by atoms with Crippen LogP contribution in [0.1, 0.15) is 44.5 Å². The predicted octanol–water partition coefficient (Wildman–Crippen LogP) is 3.83. The van der Waals surface area contributed by atoms with Crippen molar-refractivity contribution in [1.29, 1.82) is 0 Å². The van der Waals surface area contributed by atoms with Crippen LogP contribution in [-0.2, 0) is 12.8 Å². The fourth-order valence-electron chi connectivity index (χ4n) is 3.28. The molecule has 1 atom stereocenters. The Balaban J connectivity index is 1.88. The summed E-state index contributed by atoms with van der Waals surface area (Å²) in [7, 11) is 1.29. The van der Waals surface area contributed by atoms with Crippen molar-refractivity contribution in [3.05, 3.63) is 39.8 Å². The number of amides is 2. The Bertz CT molecular complexity index is 914. The van der Waals surface area contributed by atoms with Crippen LogP contribution in [0.15, 0.2) is 18.2 Å². The van der Waals surface area contributed by atoms with Crippen LogP contribution >= 0.6 is 11.3 Å². The highest BCUT2D eigenvalue weighted by molar-refractivity contribution is 7.17. The van der Waals surface area contributed by atoms with E-state index in [9.17, 15) is 18.4 Å². The number of alkyl halides is 2. The quantitative estimate of drug-likeness (QED) is 0.757.